The Bertz CT molecular complexity index is 377. The highest BCUT2D eigenvalue weighted by Gasteiger charge is 2.32. The Kier molecular flexibility index (Phi) is 5.28. The average molecular weight is 272 g/mol. The Balaban J connectivity index is 2.70. The molecule has 0 spiro atoms. The standard InChI is InChI=1S/C11H16N2O6/c1-18-9(15)5-13(6-10(16)19-2)11(17)7-3-4-8(14)12-7/h7H,3-6H2,1-2H3,(H,12,14). The van der Waals surface area contributed by atoms with Gasteiger partial charge < -0.3 is 19.7 Å². The summed E-state index contributed by atoms with van der Waals surface area (Å²) in [6.45, 7) is -0.729. The molecule has 1 heterocycles. The number of ether oxygens (including phenoxy) is 2. The lowest BCUT2D eigenvalue weighted by atomic mass is 10.2. The maximum absolute atomic E-state index is 12.1. The smallest absolute Gasteiger partial charge is 0.325 e. The number of carbonyl (C=O) groups is 4. The summed E-state index contributed by atoms with van der Waals surface area (Å²) in [6.07, 6.45) is 0.594. The zero-order valence-corrected chi connectivity index (χ0v) is 10.8. The van der Waals surface area contributed by atoms with Crippen LogP contribution in [0.25, 0.3) is 0 Å². The van der Waals surface area contributed by atoms with Crippen LogP contribution in [0.5, 0.6) is 0 Å². The minimum Gasteiger partial charge on any atom is -0.468 e. The van der Waals surface area contributed by atoms with E-state index < -0.39 is 23.9 Å². The van der Waals surface area contributed by atoms with Crippen molar-refractivity contribution in [3.8, 4) is 0 Å². The first-order chi connectivity index (χ1) is 8.97. The Morgan fingerprint density at radius 3 is 2.11 bits per heavy atom. The molecule has 0 aliphatic carbocycles. The van der Waals surface area contributed by atoms with Gasteiger partial charge in [-0.2, -0.15) is 0 Å². The fourth-order valence-electron chi connectivity index (χ4n) is 1.67. The molecule has 19 heavy (non-hydrogen) atoms. The summed E-state index contributed by atoms with van der Waals surface area (Å²) in [5.41, 5.74) is 0. The summed E-state index contributed by atoms with van der Waals surface area (Å²) >= 11 is 0. The maximum Gasteiger partial charge on any atom is 0.325 e. The molecule has 0 saturated carbocycles. The molecule has 0 aromatic rings. The molecule has 1 atom stereocenters. The molecule has 0 bridgehead atoms. The first-order valence-corrected chi connectivity index (χ1v) is 5.69. The van der Waals surface area contributed by atoms with E-state index in [1.165, 1.54) is 14.2 Å². The summed E-state index contributed by atoms with van der Waals surface area (Å²) in [7, 11) is 2.36. The third-order valence-corrected chi connectivity index (χ3v) is 2.70. The maximum atomic E-state index is 12.1. The quantitative estimate of drug-likeness (QED) is 0.607. The first kappa shape index (κ1) is 14.9. The van der Waals surface area contributed by atoms with E-state index in [0.29, 0.717) is 6.42 Å². The zero-order valence-electron chi connectivity index (χ0n) is 10.8. The lowest BCUT2D eigenvalue weighted by Gasteiger charge is -2.23. The van der Waals surface area contributed by atoms with Crippen LogP contribution in [0.3, 0.4) is 0 Å². The first-order valence-electron chi connectivity index (χ1n) is 5.69. The van der Waals surface area contributed by atoms with Crippen LogP contribution < -0.4 is 5.32 Å². The van der Waals surface area contributed by atoms with E-state index in [-0.39, 0.29) is 25.4 Å². The van der Waals surface area contributed by atoms with Crippen molar-refractivity contribution in [1.82, 2.24) is 10.2 Å². The molecule has 1 fully saturated rings. The average Bonchev–Trinajstić information content (AvgIpc) is 2.83. The number of methoxy groups -OCH3 is 2. The van der Waals surface area contributed by atoms with Crippen molar-refractivity contribution in [1.29, 1.82) is 0 Å². The number of nitrogens with zero attached hydrogens (tertiary/aromatic N) is 1. The highest BCUT2D eigenvalue weighted by atomic mass is 16.5. The van der Waals surface area contributed by atoms with Gasteiger partial charge in [0.25, 0.3) is 0 Å². The summed E-state index contributed by atoms with van der Waals surface area (Å²) in [5.74, 6) is -2.03. The van der Waals surface area contributed by atoms with Gasteiger partial charge in [-0.25, -0.2) is 0 Å². The molecule has 1 N–H and O–H groups in total. The van der Waals surface area contributed by atoms with Crippen LogP contribution in [0.1, 0.15) is 12.8 Å². The molecule has 1 saturated heterocycles. The Labute approximate surface area is 110 Å². The molecular formula is C11H16N2O6. The van der Waals surface area contributed by atoms with Gasteiger partial charge in [-0.15, -0.1) is 0 Å². The van der Waals surface area contributed by atoms with E-state index in [0.717, 1.165) is 4.90 Å². The van der Waals surface area contributed by atoms with Crippen LogP contribution in [0, 0.1) is 0 Å². The molecule has 0 aromatic heterocycles. The van der Waals surface area contributed by atoms with Gasteiger partial charge >= 0.3 is 11.9 Å². The highest BCUT2D eigenvalue weighted by Crippen LogP contribution is 2.10. The molecule has 0 aromatic carbocycles. The van der Waals surface area contributed by atoms with E-state index in [2.05, 4.69) is 14.8 Å². The minimum absolute atomic E-state index is 0.227. The van der Waals surface area contributed by atoms with E-state index in [1.54, 1.807) is 0 Å². The lowest BCUT2D eigenvalue weighted by molar-refractivity contribution is -0.152. The third kappa shape index (κ3) is 4.23. The minimum atomic E-state index is -0.707. The fourth-order valence-corrected chi connectivity index (χ4v) is 1.67. The Morgan fingerprint density at radius 2 is 1.74 bits per heavy atom. The predicted octanol–water partition coefficient (Wildman–Crippen LogP) is -1.56. The number of rotatable bonds is 5. The largest absolute Gasteiger partial charge is 0.468 e. The van der Waals surface area contributed by atoms with Crippen LogP contribution in [-0.4, -0.2) is 62.0 Å². The third-order valence-electron chi connectivity index (χ3n) is 2.70. The van der Waals surface area contributed by atoms with E-state index in [9.17, 15) is 19.2 Å². The van der Waals surface area contributed by atoms with Gasteiger partial charge in [0, 0.05) is 6.42 Å². The highest BCUT2D eigenvalue weighted by molar-refractivity contribution is 5.93. The van der Waals surface area contributed by atoms with Crippen LogP contribution >= 0.6 is 0 Å². The van der Waals surface area contributed by atoms with Crippen molar-refractivity contribution >= 4 is 23.8 Å². The molecule has 1 aliphatic heterocycles. The predicted molar refractivity (Wildman–Crippen MR) is 61.8 cm³/mol. The number of hydrogen-bond acceptors (Lipinski definition) is 6. The number of carbonyl (C=O) groups excluding carboxylic acids is 4. The van der Waals surface area contributed by atoms with Crippen molar-refractivity contribution in [2.75, 3.05) is 27.3 Å². The molecule has 106 valence electrons. The monoisotopic (exact) mass is 272 g/mol. The van der Waals surface area contributed by atoms with Gasteiger partial charge in [0.1, 0.15) is 19.1 Å². The summed E-state index contributed by atoms with van der Waals surface area (Å²) in [4.78, 5) is 46.6. The van der Waals surface area contributed by atoms with Gasteiger partial charge in [0.15, 0.2) is 0 Å². The molecule has 1 aliphatic rings. The van der Waals surface area contributed by atoms with E-state index >= 15 is 0 Å². The van der Waals surface area contributed by atoms with E-state index in [1.807, 2.05) is 0 Å². The van der Waals surface area contributed by atoms with Crippen molar-refractivity contribution < 1.29 is 28.7 Å². The summed E-state index contributed by atoms with van der Waals surface area (Å²) < 4.78 is 8.92. The van der Waals surface area contributed by atoms with Gasteiger partial charge in [0.05, 0.1) is 14.2 Å². The van der Waals surface area contributed by atoms with E-state index in [4.69, 9.17) is 0 Å². The van der Waals surface area contributed by atoms with Gasteiger partial charge in [-0.1, -0.05) is 0 Å². The van der Waals surface area contributed by atoms with Crippen LogP contribution in [0.15, 0.2) is 0 Å². The van der Waals surface area contributed by atoms with Crippen LogP contribution in [0.4, 0.5) is 0 Å². The number of hydrogen-bond donors (Lipinski definition) is 1. The van der Waals surface area contributed by atoms with Gasteiger partial charge in [0.2, 0.25) is 11.8 Å². The molecule has 1 rings (SSSR count). The second kappa shape index (κ2) is 6.72. The molecule has 0 radical (unpaired) electrons. The van der Waals surface area contributed by atoms with Gasteiger partial charge in [-0.3, -0.25) is 19.2 Å². The Morgan fingerprint density at radius 1 is 1.21 bits per heavy atom. The summed E-state index contributed by atoms with van der Waals surface area (Å²) in [6, 6.07) is -0.707. The Hall–Kier alpha value is -2.12. The molecular weight excluding hydrogens is 256 g/mol. The number of esters is 2. The summed E-state index contributed by atoms with van der Waals surface area (Å²) in [5, 5.41) is 2.48. The van der Waals surface area contributed by atoms with Crippen LogP contribution in [0.2, 0.25) is 0 Å². The topological polar surface area (TPSA) is 102 Å². The zero-order chi connectivity index (χ0) is 14.4. The van der Waals surface area contributed by atoms with Gasteiger partial charge in [-0.05, 0) is 6.42 Å². The normalized spacial score (nSPS) is 17.6. The molecule has 8 nitrogen and oxygen atoms in total. The molecule has 1 unspecified atom stereocenters. The molecule has 2 amide bonds. The van der Waals surface area contributed by atoms with Crippen molar-refractivity contribution in [2.24, 2.45) is 0 Å². The second-order valence-electron chi connectivity index (χ2n) is 4.01. The number of amides is 2. The fraction of sp³-hybridized carbons (Fsp3) is 0.636. The second-order valence-corrected chi connectivity index (χ2v) is 4.01. The van der Waals surface area contributed by atoms with Crippen molar-refractivity contribution in [2.45, 2.75) is 18.9 Å². The number of nitrogens with one attached hydrogen (secondary N) is 1. The van der Waals surface area contributed by atoms with Crippen LogP contribution in [-0.2, 0) is 28.7 Å². The molecule has 8 heteroatoms. The van der Waals surface area contributed by atoms with Crippen molar-refractivity contribution in [3.05, 3.63) is 0 Å². The SMILES string of the molecule is COC(=O)CN(CC(=O)OC)C(=O)C1CCC(=O)N1. The van der Waals surface area contributed by atoms with Crippen molar-refractivity contribution in [3.63, 3.8) is 0 Å². The lowest BCUT2D eigenvalue weighted by Crippen LogP contribution is -2.48.